The molecule has 0 amide bonds. The molecule has 0 radical (unpaired) electrons. The van der Waals surface area contributed by atoms with Crippen LogP contribution in [-0.4, -0.2) is 5.78 Å². The highest BCUT2D eigenvalue weighted by Crippen LogP contribution is 2.31. The predicted molar refractivity (Wildman–Crippen MR) is 82.6 cm³/mol. The lowest BCUT2D eigenvalue weighted by Gasteiger charge is -2.15. The number of hydrogen-bond acceptors (Lipinski definition) is 2. The number of carbonyl (C=O) groups excluding carboxylic acids is 1. The Bertz CT molecular complexity index is 620. The first-order valence-corrected chi connectivity index (χ1v) is 7.39. The third kappa shape index (κ3) is 3.07. The van der Waals surface area contributed by atoms with Gasteiger partial charge in [0, 0.05) is 10.4 Å². The van der Waals surface area contributed by atoms with Crippen LogP contribution in [0.15, 0.2) is 30.3 Å². The van der Waals surface area contributed by atoms with Gasteiger partial charge in [-0.3, -0.25) is 4.79 Å². The van der Waals surface area contributed by atoms with E-state index in [1.54, 1.807) is 17.4 Å². The molecule has 0 spiro atoms. The summed E-state index contributed by atoms with van der Waals surface area (Å²) in [4.78, 5) is 14.4. The summed E-state index contributed by atoms with van der Waals surface area (Å²) in [6, 6.07) is 9.46. The lowest BCUT2D eigenvalue weighted by Crippen LogP contribution is -2.08. The van der Waals surface area contributed by atoms with Crippen molar-refractivity contribution < 1.29 is 4.79 Å². The summed E-state index contributed by atoms with van der Waals surface area (Å²) in [5.41, 5.74) is 1.71. The van der Waals surface area contributed by atoms with Crippen molar-refractivity contribution in [2.75, 3.05) is 0 Å². The Balaban J connectivity index is 2.37. The number of thiophene rings is 1. The highest BCUT2D eigenvalue weighted by atomic mass is 35.5. The van der Waals surface area contributed by atoms with Crippen LogP contribution in [0.3, 0.4) is 0 Å². The average molecular weight is 293 g/mol. The number of benzene rings is 1. The Labute approximate surface area is 123 Å². The van der Waals surface area contributed by atoms with Gasteiger partial charge in [0.25, 0.3) is 0 Å². The van der Waals surface area contributed by atoms with Crippen LogP contribution in [0.25, 0.3) is 0 Å². The van der Waals surface area contributed by atoms with Crippen LogP contribution in [0, 0.1) is 6.92 Å². The van der Waals surface area contributed by atoms with E-state index in [1.807, 2.05) is 31.2 Å². The topological polar surface area (TPSA) is 17.1 Å². The number of rotatable bonds is 2. The van der Waals surface area contributed by atoms with Gasteiger partial charge in [0.15, 0.2) is 0 Å². The monoisotopic (exact) mass is 292 g/mol. The molecule has 0 atom stereocenters. The van der Waals surface area contributed by atoms with E-state index in [0.29, 0.717) is 10.6 Å². The summed E-state index contributed by atoms with van der Waals surface area (Å²) in [7, 11) is 0. The molecular weight excluding hydrogens is 276 g/mol. The van der Waals surface area contributed by atoms with Gasteiger partial charge in [0.1, 0.15) is 0 Å². The van der Waals surface area contributed by atoms with Crippen LogP contribution in [0.2, 0.25) is 5.02 Å². The molecule has 0 aliphatic rings. The summed E-state index contributed by atoms with van der Waals surface area (Å²) in [5.74, 6) is 0.00509. The maximum atomic E-state index is 12.4. The normalized spacial score (nSPS) is 11.6. The van der Waals surface area contributed by atoms with E-state index in [9.17, 15) is 4.79 Å². The van der Waals surface area contributed by atoms with E-state index in [4.69, 9.17) is 11.6 Å². The first kappa shape index (κ1) is 14.3. The number of halogens is 1. The Hall–Kier alpha value is -1.12. The summed E-state index contributed by atoms with van der Waals surface area (Å²) < 4.78 is 0. The number of aryl methyl sites for hydroxylation is 1. The molecule has 0 fully saturated rings. The van der Waals surface area contributed by atoms with Gasteiger partial charge < -0.3 is 0 Å². The zero-order valence-corrected chi connectivity index (χ0v) is 13.2. The third-order valence-electron chi connectivity index (χ3n) is 2.94. The van der Waals surface area contributed by atoms with Crippen LogP contribution in [-0.2, 0) is 5.41 Å². The second-order valence-electron chi connectivity index (χ2n) is 5.73. The van der Waals surface area contributed by atoms with Gasteiger partial charge in [-0.05, 0) is 42.2 Å². The molecule has 0 aliphatic heterocycles. The lowest BCUT2D eigenvalue weighted by molar-refractivity contribution is 0.104. The van der Waals surface area contributed by atoms with E-state index in [-0.39, 0.29) is 11.2 Å². The minimum atomic E-state index is 0.00509. The number of carbonyl (C=O) groups is 1. The molecule has 1 heterocycles. The van der Waals surface area contributed by atoms with Gasteiger partial charge >= 0.3 is 0 Å². The van der Waals surface area contributed by atoms with Crippen LogP contribution < -0.4 is 0 Å². The van der Waals surface area contributed by atoms with E-state index >= 15 is 0 Å². The molecule has 1 aromatic carbocycles. The molecule has 2 aromatic rings. The van der Waals surface area contributed by atoms with Crippen LogP contribution in [0.4, 0.5) is 0 Å². The van der Waals surface area contributed by atoms with Crippen molar-refractivity contribution in [3.8, 4) is 0 Å². The Morgan fingerprint density at radius 3 is 2.37 bits per heavy atom. The minimum Gasteiger partial charge on any atom is -0.288 e. The van der Waals surface area contributed by atoms with Crippen molar-refractivity contribution in [3.05, 3.63) is 56.2 Å². The molecule has 19 heavy (non-hydrogen) atoms. The Morgan fingerprint density at radius 1 is 1.16 bits per heavy atom. The van der Waals surface area contributed by atoms with E-state index < -0.39 is 0 Å². The highest BCUT2D eigenvalue weighted by molar-refractivity contribution is 7.14. The fourth-order valence-electron chi connectivity index (χ4n) is 1.80. The van der Waals surface area contributed by atoms with Crippen molar-refractivity contribution in [2.24, 2.45) is 0 Å². The zero-order valence-electron chi connectivity index (χ0n) is 11.6. The van der Waals surface area contributed by atoms with Gasteiger partial charge in [-0.15, -0.1) is 11.3 Å². The van der Waals surface area contributed by atoms with Crippen LogP contribution >= 0.6 is 22.9 Å². The molecular formula is C16H17ClOS. The summed E-state index contributed by atoms with van der Waals surface area (Å²) >= 11 is 7.70. The van der Waals surface area contributed by atoms with Gasteiger partial charge in [-0.1, -0.05) is 38.4 Å². The quantitative estimate of drug-likeness (QED) is 0.692. The van der Waals surface area contributed by atoms with Gasteiger partial charge in [-0.2, -0.15) is 0 Å². The largest absolute Gasteiger partial charge is 0.288 e. The fourth-order valence-corrected chi connectivity index (χ4v) is 3.14. The lowest BCUT2D eigenvalue weighted by atomic mass is 9.95. The van der Waals surface area contributed by atoms with E-state index in [1.165, 1.54) is 4.88 Å². The second kappa shape index (κ2) is 5.10. The molecule has 0 aliphatic carbocycles. The molecule has 0 bridgehead atoms. The Kier molecular flexibility index (Phi) is 3.84. The SMILES string of the molecule is Cc1ccc(C(=O)c2ccc(C(C)(C)C)s2)c(Cl)c1. The predicted octanol–water partition coefficient (Wildman–Crippen LogP) is 5.24. The number of hydrogen-bond donors (Lipinski definition) is 0. The van der Waals surface area contributed by atoms with Crippen molar-refractivity contribution in [1.82, 2.24) is 0 Å². The third-order valence-corrected chi connectivity index (χ3v) is 4.76. The van der Waals surface area contributed by atoms with Crippen molar-refractivity contribution >= 4 is 28.7 Å². The van der Waals surface area contributed by atoms with Gasteiger partial charge in [0.05, 0.1) is 9.90 Å². The summed E-state index contributed by atoms with van der Waals surface area (Å²) in [5, 5.41) is 0.524. The molecule has 3 heteroatoms. The standard InChI is InChI=1S/C16H17ClOS/c1-10-5-6-11(12(17)9-10)15(18)13-7-8-14(19-13)16(2,3)4/h5-9H,1-4H3. The summed E-state index contributed by atoms with van der Waals surface area (Å²) in [6.45, 7) is 8.40. The first-order valence-electron chi connectivity index (χ1n) is 6.20. The molecule has 1 aromatic heterocycles. The number of ketones is 1. The average Bonchev–Trinajstić information content (AvgIpc) is 2.76. The van der Waals surface area contributed by atoms with E-state index in [0.717, 1.165) is 10.4 Å². The van der Waals surface area contributed by atoms with Gasteiger partial charge in [0.2, 0.25) is 5.78 Å². The molecule has 100 valence electrons. The van der Waals surface area contributed by atoms with Crippen LogP contribution in [0.1, 0.15) is 46.4 Å². The smallest absolute Gasteiger partial charge is 0.204 e. The zero-order chi connectivity index (χ0) is 14.2. The fraction of sp³-hybridized carbons (Fsp3) is 0.312. The summed E-state index contributed by atoms with van der Waals surface area (Å²) in [6.07, 6.45) is 0. The second-order valence-corrected chi connectivity index (χ2v) is 7.22. The molecule has 2 rings (SSSR count). The maximum absolute atomic E-state index is 12.4. The first-order chi connectivity index (χ1) is 8.79. The minimum absolute atomic E-state index is 0.00509. The van der Waals surface area contributed by atoms with Crippen molar-refractivity contribution in [1.29, 1.82) is 0 Å². The molecule has 0 saturated heterocycles. The maximum Gasteiger partial charge on any atom is 0.204 e. The van der Waals surface area contributed by atoms with Crippen LogP contribution in [0.5, 0.6) is 0 Å². The van der Waals surface area contributed by atoms with Gasteiger partial charge in [-0.25, -0.2) is 0 Å². The Morgan fingerprint density at radius 2 is 1.84 bits per heavy atom. The molecule has 0 saturated carbocycles. The van der Waals surface area contributed by atoms with Crippen molar-refractivity contribution in [2.45, 2.75) is 33.1 Å². The molecule has 0 N–H and O–H groups in total. The molecule has 1 nitrogen and oxygen atoms in total. The van der Waals surface area contributed by atoms with Crippen molar-refractivity contribution in [3.63, 3.8) is 0 Å². The van der Waals surface area contributed by atoms with E-state index in [2.05, 4.69) is 20.8 Å². The molecule has 0 unspecified atom stereocenters. The highest BCUT2D eigenvalue weighted by Gasteiger charge is 2.20.